The van der Waals surface area contributed by atoms with E-state index in [1.54, 1.807) is 0 Å². The van der Waals surface area contributed by atoms with Gasteiger partial charge in [-0.2, -0.15) is 0 Å². The Labute approximate surface area is 162 Å². The summed E-state index contributed by atoms with van der Waals surface area (Å²) in [6.45, 7) is 13.8. The minimum atomic E-state index is -1.83. The summed E-state index contributed by atoms with van der Waals surface area (Å²) < 4.78 is 19.3. The van der Waals surface area contributed by atoms with Crippen molar-refractivity contribution in [2.45, 2.75) is 70.0 Å². The van der Waals surface area contributed by atoms with Crippen LogP contribution in [0.25, 0.3) is 0 Å². The standard InChI is InChI=1S/C21H34O3SSi/c1-18(11-10-15-22)17-20(25(23)19-12-8-7-9-13-19)14-16-24-26(5,6)21(2,3)4/h7-9,12-13,22H,10-11,14-16H2,1-6H3. The molecule has 0 amide bonds. The number of rotatable bonds is 9. The van der Waals surface area contributed by atoms with Crippen LogP contribution in [0.1, 0.15) is 47.0 Å². The van der Waals surface area contributed by atoms with Crippen LogP contribution in [0.2, 0.25) is 18.1 Å². The highest BCUT2D eigenvalue weighted by molar-refractivity contribution is 7.89. The van der Waals surface area contributed by atoms with Gasteiger partial charge in [-0.15, -0.1) is 5.73 Å². The Bertz CT molecular complexity index is 654. The molecule has 0 aromatic heterocycles. The maximum atomic E-state index is 13.0. The smallest absolute Gasteiger partial charge is 0.191 e. The lowest BCUT2D eigenvalue weighted by molar-refractivity contribution is 0.288. The topological polar surface area (TPSA) is 46.5 Å². The molecule has 0 spiro atoms. The zero-order valence-corrected chi connectivity index (χ0v) is 18.9. The predicted octanol–water partition coefficient (Wildman–Crippen LogP) is 5.41. The van der Waals surface area contributed by atoms with Gasteiger partial charge in [0.05, 0.1) is 15.7 Å². The molecular formula is C21H34O3SSi. The van der Waals surface area contributed by atoms with Crippen LogP contribution in [0.3, 0.4) is 0 Å². The summed E-state index contributed by atoms with van der Waals surface area (Å²) in [6.07, 6.45) is 2.06. The molecule has 26 heavy (non-hydrogen) atoms. The van der Waals surface area contributed by atoms with Gasteiger partial charge in [-0.25, -0.2) is 4.21 Å². The van der Waals surface area contributed by atoms with E-state index < -0.39 is 19.1 Å². The number of benzene rings is 1. The Morgan fingerprint density at radius 1 is 1.19 bits per heavy atom. The van der Waals surface area contributed by atoms with E-state index in [4.69, 9.17) is 9.53 Å². The largest absolute Gasteiger partial charge is 0.416 e. The molecule has 0 aliphatic heterocycles. The van der Waals surface area contributed by atoms with Crippen molar-refractivity contribution >= 4 is 19.1 Å². The zero-order chi connectivity index (χ0) is 19.8. The molecule has 1 aromatic rings. The molecule has 0 saturated heterocycles. The molecule has 3 nitrogen and oxygen atoms in total. The molecule has 0 radical (unpaired) electrons. The molecule has 1 aromatic carbocycles. The Balaban J connectivity index is 2.99. The maximum Gasteiger partial charge on any atom is 0.191 e. The molecule has 1 atom stereocenters. The molecule has 146 valence electrons. The highest BCUT2D eigenvalue weighted by Gasteiger charge is 2.37. The van der Waals surface area contributed by atoms with E-state index >= 15 is 0 Å². The van der Waals surface area contributed by atoms with Crippen LogP contribution >= 0.6 is 0 Å². The van der Waals surface area contributed by atoms with Crippen molar-refractivity contribution in [2.24, 2.45) is 0 Å². The maximum absolute atomic E-state index is 13.0. The van der Waals surface area contributed by atoms with E-state index in [0.29, 0.717) is 19.4 Å². The van der Waals surface area contributed by atoms with Crippen molar-refractivity contribution < 1.29 is 13.7 Å². The van der Waals surface area contributed by atoms with E-state index in [2.05, 4.69) is 39.6 Å². The summed E-state index contributed by atoms with van der Waals surface area (Å²) in [5.41, 5.74) is 4.35. The average molecular weight is 395 g/mol. The third kappa shape index (κ3) is 7.34. The average Bonchev–Trinajstić information content (AvgIpc) is 2.58. The number of hydrogen-bond donors (Lipinski definition) is 1. The fourth-order valence-corrected chi connectivity index (χ4v) is 4.42. The molecule has 5 heteroatoms. The lowest BCUT2D eigenvalue weighted by Crippen LogP contribution is -2.41. The monoisotopic (exact) mass is 394 g/mol. The van der Waals surface area contributed by atoms with Gasteiger partial charge in [0, 0.05) is 24.5 Å². The van der Waals surface area contributed by atoms with Gasteiger partial charge in [-0.1, -0.05) is 39.0 Å². The van der Waals surface area contributed by atoms with Crippen LogP contribution in [0, 0.1) is 0 Å². The van der Waals surface area contributed by atoms with Crippen LogP contribution in [0.15, 0.2) is 51.4 Å². The van der Waals surface area contributed by atoms with Crippen LogP contribution in [0.5, 0.6) is 0 Å². The lowest BCUT2D eigenvalue weighted by atomic mass is 10.2. The summed E-state index contributed by atoms with van der Waals surface area (Å²) in [5, 5.41) is 9.18. The highest BCUT2D eigenvalue weighted by atomic mass is 32.2. The van der Waals surface area contributed by atoms with Gasteiger partial charge < -0.3 is 9.53 Å². The highest BCUT2D eigenvalue weighted by Crippen LogP contribution is 2.36. The van der Waals surface area contributed by atoms with E-state index in [1.165, 1.54) is 0 Å². The minimum Gasteiger partial charge on any atom is -0.416 e. The molecule has 0 bridgehead atoms. The first-order valence-corrected chi connectivity index (χ1v) is 13.3. The molecule has 1 unspecified atom stereocenters. The lowest BCUT2D eigenvalue weighted by Gasteiger charge is -2.36. The first-order chi connectivity index (χ1) is 12.1. The summed E-state index contributed by atoms with van der Waals surface area (Å²) >= 11 is 0. The van der Waals surface area contributed by atoms with Gasteiger partial charge >= 0.3 is 0 Å². The van der Waals surface area contributed by atoms with Gasteiger partial charge in [0.25, 0.3) is 0 Å². The van der Waals surface area contributed by atoms with Crippen molar-refractivity contribution in [3.8, 4) is 0 Å². The van der Waals surface area contributed by atoms with Crippen molar-refractivity contribution in [3.63, 3.8) is 0 Å². The SMILES string of the molecule is CC(=C=C(CCO[Si](C)(C)C(C)(C)C)S(=O)c1ccccc1)CCCO. The second-order valence-electron chi connectivity index (χ2n) is 8.10. The minimum absolute atomic E-state index is 0.155. The van der Waals surface area contributed by atoms with Gasteiger partial charge in [0.2, 0.25) is 0 Å². The quantitative estimate of drug-likeness (QED) is 0.450. The summed E-state index contributed by atoms with van der Waals surface area (Å²) in [6, 6.07) is 9.50. The van der Waals surface area contributed by atoms with E-state index in [1.807, 2.05) is 37.3 Å². The molecule has 1 N–H and O–H groups in total. The fourth-order valence-electron chi connectivity index (χ4n) is 2.15. The molecule has 0 saturated carbocycles. The van der Waals surface area contributed by atoms with Gasteiger partial charge in [0.1, 0.15) is 0 Å². The molecule has 0 aliphatic carbocycles. The van der Waals surface area contributed by atoms with Crippen LogP contribution in [-0.4, -0.2) is 30.8 Å². The summed E-state index contributed by atoms with van der Waals surface area (Å²) in [5.74, 6) is 0. The van der Waals surface area contributed by atoms with Gasteiger partial charge in [0.15, 0.2) is 8.32 Å². The first kappa shape index (κ1) is 23.1. The summed E-state index contributed by atoms with van der Waals surface area (Å²) in [4.78, 5) is 1.56. The van der Waals surface area contributed by atoms with Crippen molar-refractivity contribution in [3.05, 3.63) is 46.5 Å². The fraction of sp³-hybridized carbons (Fsp3) is 0.571. The Morgan fingerprint density at radius 2 is 1.81 bits per heavy atom. The van der Waals surface area contributed by atoms with E-state index in [-0.39, 0.29) is 11.6 Å². The van der Waals surface area contributed by atoms with E-state index in [9.17, 15) is 4.21 Å². The molecular weight excluding hydrogens is 360 g/mol. The van der Waals surface area contributed by atoms with Crippen LogP contribution in [0.4, 0.5) is 0 Å². The van der Waals surface area contributed by atoms with Crippen molar-refractivity contribution in [1.29, 1.82) is 0 Å². The van der Waals surface area contributed by atoms with Crippen LogP contribution < -0.4 is 0 Å². The first-order valence-electron chi connectivity index (χ1n) is 9.25. The molecule has 1 rings (SSSR count). The number of hydrogen-bond acceptors (Lipinski definition) is 3. The Kier molecular flexibility index (Phi) is 9.21. The predicted molar refractivity (Wildman–Crippen MR) is 113 cm³/mol. The number of aliphatic hydroxyl groups excluding tert-OH is 1. The van der Waals surface area contributed by atoms with E-state index in [0.717, 1.165) is 21.8 Å². The molecule has 0 heterocycles. The van der Waals surface area contributed by atoms with Crippen molar-refractivity contribution in [1.82, 2.24) is 0 Å². The van der Waals surface area contributed by atoms with Gasteiger partial charge in [-0.3, -0.25) is 0 Å². The van der Waals surface area contributed by atoms with Gasteiger partial charge in [-0.05, 0) is 55.6 Å². The third-order valence-electron chi connectivity index (χ3n) is 4.84. The Morgan fingerprint density at radius 3 is 2.35 bits per heavy atom. The van der Waals surface area contributed by atoms with Crippen molar-refractivity contribution in [2.75, 3.05) is 13.2 Å². The third-order valence-corrected chi connectivity index (χ3v) is 10.8. The molecule has 0 fully saturated rings. The second kappa shape index (κ2) is 10.4. The zero-order valence-electron chi connectivity index (χ0n) is 17.1. The number of aliphatic hydroxyl groups is 1. The van der Waals surface area contributed by atoms with Crippen LogP contribution in [-0.2, 0) is 15.2 Å². The normalized spacial score (nSPS) is 13.2. The summed E-state index contributed by atoms with van der Waals surface area (Å²) in [7, 11) is -3.07. The molecule has 0 aliphatic rings. The Hall–Kier alpha value is -0.973. The second-order valence-corrected chi connectivity index (χ2v) is 14.4.